The van der Waals surface area contributed by atoms with Crippen LogP contribution in [0, 0.1) is 0 Å². The number of nitrogens with one attached hydrogen (secondary N) is 1. The molecule has 0 aromatic carbocycles. The monoisotopic (exact) mass is 375 g/mol. The average molecular weight is 375 g/mol. The van der Waals surface area contributed by atoms with E-state index in [1.807, 2.05) is 10.9 Å². The Balaban J connectivity index is 1.47. The van der Waals surface area contributed by atoms with Gasteiger partial charge in [0.1, 0.15) is 5.75 Å². The Labute approximate surface area is 155 Å². The third-order valence-electron chi connectivity index (χ3n) is 4.21. The first kappa shape index (κ1) is 18.3. The van der Waals surface area contributed by atoms with Crippen molar-refractivity contribution in [1.29, 1.82) is 0 Å². The molecule has 2 amide bonds. The zero-order valence-corrected chi connectivity index (χ0v) is 15.1. The number of carbonyl (C=O) groups excluding carboxylic acids is 2. The molecule has 138 valence electrons. The number of carbonyl (C=O) groups is 2. The molecule has 2 aromatic rings. The van der Waals surface area contributed by atoms with E-state index in [0.717, 1.165) is 31.7 Å². The summed E-state index contributed by atoms with van der Waals surface area (Å²) in [6, 6.07) is 2.92. The maximum Gasteiger partial charge on any atom is 0.274 e. The van der Waals surface area contributed by atoms with Crippen molar-refractivity contribution >= 4 is 23.2 Å². The quantitative estimate of drug-likeness (QED) is 0.799. The van der Waals surface area contributed by atoms with E-state index in [1.165, 1.54) is 18.3 Å². The van der Waals surface area contributed by atoms with Gasteiger partial charge >= 0.3 is 0 Å². The van der Waals surface area contributed by atoms with Crippen LogP contribution in [0.15, 0.2) is 29.2 Å². The van der Waals surface area contributed by atoms with Crippen molar-refractivity contribution in [3.05, 3.63) is 40.6 Å². The van der Waals surface area contributed by atoms with Crippen LogP contribution in [0.5, 0.6) is 5.75 Å². The van der Waals surface area contributed by atoms with Gasteiger partial charge in [-0.3, -0.25) is 14.5 Å². The van der Waals surface area contributed by atoms with Crippen LogP contribution in [0.1, 0.15) is 22.6 Å². The van der Waals surface area contributed by atoms with Gasteiger partial charge < -0.3 is 15.3 Å². The summed E-state index contributed by atoms with van der Waals surface area (Å²) in [6.45, 7) is 3.65. The molecule has 0 radical (unpaired) electrons. The van der Waals surface area contributed by atoms with Crippen LogP contribution >= 0.6 is 11.3 Å². The van der Waals surface area contributed by atoms with E-state index in [2.05, 4.69) is 20.2 Å². The molecule has 8 nitrogen and oxygen atoms in total. The Morgan fingerprint density at radius 2 is 2.12 bits per heavy atom. The van der Waals surface area contributed by atoms with Gasteiger partial charge in [-0.05, 0) is 18.6 Å². The van der Waals surface area contributed by atoms with Gasteiger partial charge in [-0.15, -0.1) is 11.3 Å². The Morgan fingerprint density at radius 1 is 1.23 bits per heavy atom. The smallest absolute Gasteiger partial charge is 0.274 e. The SMILES string of the molecule is O=C(NCC(=O)N1CCCN(Cc2cscn2)CC1)c1ncccc1O. The van der Waals surface area contributed by atoms with Gasteiger partial charge in [0.15, 0.2) is 5.69 Å². The van der Waals surface area contributed by atoms with Crippen molar-refractivity contribution < 1.29 is 14.7 Å². The third kappa shape index (κ3) is 4.77. The topological polar surface area (TPSA) is 98.7 Å². The van der Waals surface area contributed by atoms with Gasteiger partial charge in [0.2, 0.25) is 5.91 Å². The molecule has 0 spiro atoms. The molecule has 0 unspecified atom stereocenters. The standard InChI is InChI=1S/C17H21N5O3S/c23-14-3-1-4-18-16(14)17(25)19-9-15(24)22-6-2-5-21(7-8-22)10-13-11-26-12-20-13/h1,3-4,11-12,23H,2,5-10H2,(H,19,25). The highest BCUT2D eigenvalue weighted by Gasteiger charge is 2.21. The van der Waals surface area contributed by atoms with E-state index in [0.29, 0.717) is 13.1 Å². The van der Waals surface area contributed by atoms with Crippen LogP contribution in [-0.2, 0) is 11.3 Å². The van der Waals surface area contributed by atoms with Crippen LogP contribution < -0.4 is 5.32 Å². The van der Waals surface area contributed by atoms with Gasteiger partial charge in [0, 0.05) is 44.3 Å². The van der Waals surface area contributed by atoms with Crippen LogP contribution in [0.3, 0.4) is 0 Å². The van der Waals surface area contributed by atoms with E-state index in [4.69, 9.17) is 0 Å². The summed E-state index contributed by atoms with van der Waals surface area (Å²) in [5, 5.41) is 14.2. The van der Waals surface area contributed by atoms with Crippen LogP contribution in [0.4, 0.5) is 0 Å². The molecule has 26 heavy (non-hydrogen) atoms. The lowest BCUT2D eigenvalue weighted by Crippen LogP contribution is -2.42. The summed E-state index contributed by atoms with van der Waals surface area (Å²) in [7, 11) is 0. The molecule has 2 aromatic heterocycles. The van der Waals surface area contributed by atoms with Crippen molar-refractivity contribution in [2.24, 2.45) is 0 Å². The first-order chi connectivity index (χ1) is 12.6. The minimum atomic E-state index is -0.559. The molecular formula is C17H21N5O3S. The second-order valence-electron chi connectivity index (χ2n) is 6.04. The Hall–Kier alpha value is -2.52. The van der Waals surface area contributed by atoms with Crippen LogP contribution in [0.25, 0.3) is 0 Å². The minimum absolute atomic E-state index is 0.0781. The number of nitrogens with zero attached hydrogens (tertiary/aromatic N) is 4. The number of amides is 2. The number of hydrogen-bond donors (Lipinski definition) is 2. The normalized spacial score (nSPS) is 15.5. The van der Waals surface area contributed by atoms with Crippen molar-refractivity contribution in [2.45, 2.75) is 13.0 Å². The first-order valence-corrected chi connectivity index (χ1v) is 9.37. The second kappa shape index (κ2) is 8.72. The van der Waals surface area contributed by atoms with Gasteiger partial charge in [-0.1, -0.05) is 0 Å². The highest BCUT2D eigenvalue weighted by Crippen LogP contribution is 2.12. The molecular weight excluding hydrogens is 354 g/mol. The molecule has 3 heterocycles. The van der Waals surface area contributed by atoms with Crippen molar-refractivity contribution in [3.63, 3.8) is 0 Å². The van der Waals surface area contributed by atoms with E-state index in [-0.39, 0.29) is 23.9 Å². The fourth-order valence-corrected chi connectivity index (χ4v) is 3.40. The maximum atomic E-state index is 12.4. The van der Waals surface area contributed by atoms with Crippen LogP contribution in [0.2, 0.25) is 0 Å². The van der Waals surface area contributed by atoms with Crippen LogP contribution in [-0.4, -0.2) is 69.4 Å². The lowest BCUT2D eigenvalue weighted by atomic mass is 10.3. The molecule has 1 aliphatic rings. The fraction of sp³-hybridized carbons (Fsp3) is 0.412. The Kier molecular flexibility index (Phi) is 6.13. The molecule has 0 atom stereocenters. The van der Waals surface area contributed by atoms with E-state index in [1.54, 1.807) is 16.2 Å². The predicted octanol–water partition coefficient (Wildman–Crippen LogP) is 0.708. The highest BCUT2D eigenvalue weighted by atomic mass is 32.1. The summed E-state index contributed by atoms with van der Waals surface area (Å²) in [5.74, 6) is -0.898. The molecule has 0 aliphatic carbocycles. The van der Waals surface area contributed by atoms with Crippen molar-refractivity contribution in [1.82, 2.24) is 25.1 Å². The maximum absolute atomic E-state index is 12.4. The summed E-state index contributed by atoms with van der Waals surface area (Å²) in [4.78, 5) is 36.6. The first-order valence-electron chi connectivity index (χ1n) is 8.43. The van der Waals surface area contributed by atoms with Gasteiger partial charge in [-0.2, -0.15) is 0 Å². The predicted molar refractivity (Wildman–Crippen MR) is 96.8 cm³/mol. The second-order valence-corrected chi connectivity index (χ2v) is 6.76. The summed E-state index contributed by atoms with van der Waals surface area (Å²) >= 11 is 1.58. The molecule has 1 aliphatic heterocycles. The zero-order valence-electron chi connectivity index (χ0n) is 14.3. The van der Waals surface area contributed by atoms with Crippen molar-refractivity contribution in [2.75, 3.05) is 32.7 Å². The average Bonchev–Trinajstić information content (AvgIpc) is 3.04. The minimum Gasteiger partial charge on any atom is -0.505 e. The molecule has 0 bridgehead atoms. The molecule has 2 N–H and O–H groups in total. The lowest BCUT2D eigenvalue weighted by Gasteiger charge is -2.21. The van der Waals surface area contributed by atoms with E-state index < -0.39 is 5.91 Å². The molecule has 0 saturated carbocycles. The lowest BCUT2D eigenvalue weighted by molar-refractivity contribution is -0.130. The number of rotatable bonds is 5. The number of hydrogen-bond acceptors (Lipinski definition) is 7. The largest absolute Gasteiger partial charge is 0.505 e. The zero-order chi connectivity index (χ0) is 18.4. The van der Waals surface area contributed by atoms with E-state index >= 15 is 0 Å². The van der Waals surface area contributed by atoms with Gasteiger partial charge in [0.05, 0.1) is 17.7 Å². The number of aromatic hydroxyl groups is 1. The van der Waals surface area contributed by atoms with E-state index in [9.17, 15) is 14.7 Å². The number of pyridine rings is 1. The Bertz CT molecular complexity index is 753. The summed E-state index contributed by atoms with van der Waals surface area (Å²) < 4.78 is 0. The Morgan fingerprint density at radius 3 is 2.88 bits per heavy atom. The molecule has 9 heteroatoms. The highest BCUT2D eigenvalue weighted by molar-refractivity contribution is 7.07. The molecule has 3 rings (SSSR count). The summed E-state index contributed by atoms with van der Waals surface area (Å²) in [6.07, 6.45) is 2.30. The van der Waals surface area contributed by atoms with Gasteiger partial charge in [-0.25, -0.2) is 9.97 Å². The fourth-order valence-electron chi connectivity index (χ4n) is 2.85. The third-order valence-corrected chi connectivity index (χ3v) is 4.85. The molecule has 1 fully saturated rings. The molecule has 1 saturated heterocycles. The van der Waals surface area contributed by atoms with Gasteiger partial charge in [0.25, 0.3) is 5.91 Å². The number of aromatic nitrogens is 2. The summed E-state index contributed by atoms with van der Waals surface area (Å²) in [5.41, 5.74) is 2.80. The number of thiazole rings is 1. The van der Waals surface area contributed by atoms with Crippen molar-refractivity contribution in [3.8, 4) is 5.75 Å².